The van der Waals surface area contributed by atoms with Crippen LogP contribution in [-0.2, 0) is 0 Å². The predicted octanol–water partition coefficient (Wildman–Crippen LogP) is 4.96. The van der Waals surface area contributed by atoms with Crippen molar-refractivity contribution in [1.29, 1.82) is 0 Å². The van der Waals surface area contributed by atoms with E-state index in [-0.39, 0.29) is 0 Å². The highest BCUT2D eigenvalue weighted by Crippen LogP contribution is 2.23. The fourth-order valence-corrected chi connectivity index (χ4v) is 2.42. The summed E-state index contributed by atoms with van der Waals surface area (Å²) in [7, 11) is 0. The van der Waals surface area contributed by atoms with Crippen molar-refractivity contribution in [2.45, 2.75) is 58.5 Å². The van der Waals surface area contributed by atoms with Gasteiger partial charge in [0.2, 0.25) is 0 Å². The van der Waals surface area contributed by atoms with Gasteiger partial charge in [-0.2, -0.15) is 0 Å². The molecule has 0 aromatic heterocycles. The molecule has 1 N–H and O–H groups in total. The Bertz CT molecular complexity index is 324. The molecule has 17 heavy (non-hydrogen) atoms. The minimum Gasteiger partial charge on any atom is -0.307 e. The van der Waals surface area contributed by atoms with E-state index < -0.39 is 0 Å². The Labute approximate surface area is 111 Å². The van der Waals surface area contributed by atoms with Crippen molar-refractivity contribution in [3.63, 3.8) is 0 Å². The fraction of sp³-hybridized carbons (Fsp3) is 0.600. The third kappa shape index (κ3) is 4.69. The minimum atomic E-state index is 0.325. The van der Waals surface area contributed by atoms with Gasteiger partial charge in [0.25, 0.3) is 0 Å². The van der Waals surface area contributed by atoms with Crippen LogP contribution in [0.1, 0.15) is 58.1 Å². The molecule has 2 unspecified atom stereocenters. The maximum Gasteiger partial charge on any atom is 0.0453 e. The van der Waals surface area contributed by atoms with Crippen molar-refractivity contribution >= 4 is 11.6 Å². The minimum absolute atomic E-state index is 0.325. The highest BCUT2D eigenvalue weighted by molar-refractivity contribution is 6.31. The molecular weight excluding hydrogens is 230 g/mol. The number of rotatable bonds is 7. The second kappa shape index (κ2) is 7.73. The van der Waals surface area contributed by atoms with Gasteiger partial charge in [-0.25, -0.2) is 0 Å². The molecule has 1 nitrogen and oxygen atoms in total. The topological polar surface area (TPSA) is 12.0 Å². The third-order valence-corrected chi connectivity index (χ3v) is 3.60. The summed E-state index contributed by atoms with van der Waals surface area (Å²) in [6, 6.07) is 9.01. The van der Waals surface area contributed by atoms with Gasteiger partial charge in [-0.05, 0) is 31.4 Å². The Balaban J connectivity index is 2.58. The average molecular weight is 254 g/mol. The zero-order valence-electron chi connectivity index (χ0n) is 11.2. The van der Waals surface area contributed by atoms with Crippen LogP contribution in [0.3, 0.4) is 0 Å². The maximum absolute atomic E-state index is 6.21. The molecule has 1 aromatic carbocycles. The van der Waals surface area contributed by atoms with Crippen molar-refractivity contribution in [3.05, 3.63) is 34.9 Å². The first-order valence-corrected chi connectivity index (χ1v) is 7.07. The van der Waals surface area contributed by atoms with E-state index in [1.165, 1.54) is 31.2 Å². The van der Waals surface area contributed by atoms with Gasteiger partial charge in [0.1, 0.15) is 0 Å². The maximum atomic E-state index is 6.21. The molecule has 0 saturated carbocycles. The molecule has 0 aliphatic rings. The molecule has 2 heteroatoms. The van der Waals surface area contributed by atoms with Crippen molar-refractivity contribution in [2.24, 2.45) is 0 Å². The van der Waals surface area contributed by atoms with Gasteiger partial charge in [0.05, 0.1) is 0 Å². The van der Waals surface area contributed by atoms with Crippen LogP contribution in [0.4, 0.5) is 0 Å². The van der Waals surface area contributed by atoms with Crippen LogP contribution < -0.4 is 5.32 Å². The van der Waals surface area contributed by atoms with Crippen LogP contribution in [0.25, 0.3) is 0 Å². The Morgan fingerprint density at radius 1 is 1.24 bits per heavy atom. The predicted molar refractivity (Wildman–Crippen MR) is 76.6 cm³/mol. The molecule has 0 saturated heterocycles. The second-order valence-electron chi connectivity index (χ2n) is 4.66. The van der Waals surface area contributed by atoms with E-state index in [1.807, 2.05) is 18.2 Å². The lowest BCUT2D eigenvalue weighted by Crippen LogP contribution is -2.31. The van der Waals surface area contributed by atoms with Gasteiger partial charge < -0.3 is 5.32 Å². The van der Waals surface area contributed by atoms with Crippen LogP contribution in [0.5, 0.6) is 0 Å². The normalized spacial score (nSPS) is 14.6. The van der Waals surface area contributed by atoms with Crippen LogP contribution in [-0.4, -0.2) is 6.04 Å². The molecule has 2 atom stereocenters. The zero-order chi connectivity index (χ0) is 12.7. The number of hydrogen-bond donors (Lipinski definition) is 1. The summed E-state index contributed by atoms with van der Waals surface area (Å²) in [6.45, 7) is 6.67. The van der Waals surface area contributed by atoms with E-state index in [2.05, 4.69) is 32.2 Å². The molecule has 1 aromatic rings. The first-order valence-electron chi connectivity index (χ1n) is 6.69. The molecule has 0 aliphatic heterocycles. The quantitative estimate of drug-likeness (QED) is 0.724. The number of hydrogen-bond acceptors (Lipinski definition) is 1. The first kappa shape index (κ1) is 14.5. The molecule has 0 bridgehead atoms. The number of unbranched alkanes of at least 4 members (excludes halogenated alkanes) is 1. The molecule has 96 valence electrons. The smallest absolute Gasteiger partial charge is 0.0453 e. The molecular formula is C15H24ClN. The summed E-state index contributed by atoms with van der Waals surface area (Å²) < 4.78 is 0. The average Bonchev–Trinajstić information content (AvgIpc) is 2.34. The standard InChI is InChI=1S/C15H24ClN/c1-4-6-9-13(5-2)17-12(3)14-10-7-8-11-15(14)16/h7-8,10-13,17H,4-6,9H2,1-3H3. The lowest BCUT2D eigenvalue weighted by Gasteiger charge is -2.23. The van der Waals surface area contributed by atoms with Crippen molar-refractivity contribution in [1.82, 2.24) is 5.32 Å². The van der Waals surface area contributed by atoms with E-state index in [0.717, 1.165) is 5.02 Å². The van der Waals surface area contributed by atoms with E-state index in [0.29, 0.717) is 12.1 Å². The summed E-state index contributed by atoms with van der Waals surface area (Å²) in [5, 5.41) is 4.53. The summed E-state index contributed by atoms with van der Waals surface area (Å²) in [4.78, 5) is 0. The lowest BCUT2D eigenvalue weighted by atomic mass is 10.0. The summed E-state index contributed by atoms with van der Waals surface area (Å²) in [6.07, 6.45) is 4.98. The fourth-order valence-electron chi connectivity index (χ4n) is 2.13. The molecule has 0 radical (unpaired) electrons. The Morgan fingerprint density at radius 2 is 1.94 bits per heavy atom. The van der Waals surface area contributed by atoms with Gasteiger partial charge in [-0.3, -0.25) is 0 Å². The Hall–Kier alpha value is -0.530. The van der Waals surface area contributed by atoms with Crippen LogP contribution >= 0.6 is 11.6 Å². The molecule has 0 spiro atoms. The van der Waals surface area contributed by atoms with Gasteiger partial charge in [-0.15, -0.1) is 0 Å². The largest absolute Gasteiger partial charge is 0.307 e. The Kier molecular flexibility index (Phi) is 6.61. The monoisotopic (exact) mass is 253 g/mol. The molecule has 0 heterocycles. The van der Waals surface area contributed by atoms with E-state index in [9.17, 15) is 0 Å². The summed E-state index contributed by atoms with van der Waals surface area (Å²) in [5.41, 5.74) is 1.20. The van der Waals surface area contributed by atoms with E-state index in [4.69, 9.17) is 11.6 Å². The number of halogens is 1. The third-order valence-electron chi connectivity index (χ3n) is 3.26. The zero-order valence-corrected chi connectivity index (χ0v) is 11.9. The number of nitrogens with one attached hydrogen (secondary N) is 1. The lowest BCUT2D eigenvalue weighted by molar-refractivity contribution is 0.410. The van der Waals surface area contributed by atoms with Gasteiger partial charge >= 0.3 is 0 Å². The van der Waals surface area contributed by atoms with Crippen molar-refractivity contribution in [3.8, 4) is 0 Å². The molecule has 0 fully saturated rings. The SMILES string of the molecule is CCCCC(CC)NC(C)c1ccccc1Cl. The molecule has 0 amide bonds. The summed E-state index contributed by atoms with van der Waals surface area (Å²) >= 11 is 6.21. The highest BCUT2D eigenvalue weighted by Gasteiger charge is 2.13. The van der Waals surface area contributed by atoms with Crippen LogP contribution in [0.15, 0.2) is 24.3 Å². The number of benzene rings is 1. The van der Waals surface area contributed by atoms with Crippen LogP contribution in [0.2, 0.25) is 5.02 Å². The van der Waals surface area contributed by atoms with Crippen molar-refractivity contribution in [2.75, 3.05) is 0 Å². The van der Waals surface area contributed by atoms with Gasteiger partial charge in [0.15, 0.2) is 0 Å². The molecule has 1 rings (SSSR count). The van der Waals surface area contributed by atoms with Gasteiger partial charge in [-0.1, -0.05) is 56.5 Å². The van der Waals surface area contributed by atoms with E-state index >= 15 is 0 Å². The summed E-state index contributed by atoms with van der Waals surface area (Å²) in [5.74, 6) is 0. The highest BCUT2D eigenvalue weighted by atomic mass is 35.5. The Morgan fingerprint density at radius 3 is 2.53 bits per heavy atom. The van der Waals surface area contributed by atoms with Crippen molar-refractivity contribution < 1.29 is 0 Å². The van der Waals surface area contributed by atoms with Gasteiger partial charge in [0, 0.05) is 17.1 Å². The molecule has 0 aliphatic carbocycles. The van der Waals surface area contributed by atoms with Crippen LogP contribution in [0, 0.1) is 0 Å². The van der Waals surface area contributed by atoms with E-state index in [1.54, 1.807) is 0 Å². The second-order valence-corrected chi connectivity index (χ2v) is 5.06. The first-order chi connectivity index (χ1) is 8.19.